The van der Waals surface area contributed by atoms with Crippen molar-refractivity contribution in [3.05, 3.63) is 11.8 Å². The van der Waals surface area contributed by atoms with Gasteiger partial charge in [0.15, 0.2) is 5.03 Å². The summed E-state index contributed by atoms with van der Waals surface area (Å²) in [7, 11) is -1.88. The van der Waals surface area contributed by atoms with Crippen molar-refractivity contribution in [2.75, 3.05) is 20.1 Å². The van der Waals surface area contributed by atoms with E-state index in [2.05, 4.69) is 15.5 Å². The summed E-state index contributed by atoms with van der Waals surface area (Å²) in [6, 6.07) is 0. The van der Waals surface area contributed by atoms with E-state index >= 15 is 0 Å². The maximum Gasteiger partial charge on any atom is 0.260 e. The van der Waals surface area contributed by atoms with E-state index in [9.17, 15) is 8.42 Å². The number of rotatable bonds is 6. The molecule has 1 aromatic rings. The minimum atomic E-state index is -3.43. The fourth-order valence-corrected chi connectivity index (χ4v) is 2.51. The first-order valence-corrected chi connectivity index (χ1v) is 6.67. The van der Waals surface area contributed by atoms with Gasteiger partial charge in [0.1, 0.15) is 0 Å². The summed E-state index contributed by atoms with van der Waals surface area (Å²) in [5.74, 6) is 0. The van der Waals surface area contributed by atoms with Crippen LogP contribution in [0.1, 0.15) is 19.4 Å². The van der Waals surface area contributed by atoms with Crippen LogP contribution in [0.5, 0.6) is 0 Å². The highest BCUT2D eigenvalue weighted by molar-refractivity contribution is 7.89. The van der Waals surface area contributed by atoms with Gasteiger partial charge in [-0.2, -0.15) is 9.40 Å². The zero-order valence-corrected chi connectivity index (χ0v) is 10.6. The number of H-pyrrole nitrogens is 1. The molecule has 1 rings (SSSR count). The first-order chi connectivity index (χ1) is 7.54. The van der Waals surface area contributed by atoms with E-state index in [1.807, 2.05) is 6.92 Å². The third-order valence-electron chi connectivity index (χ3n) is 2.36. The van der Waals surface area contributed by atoms with E-state index in [4.69, 9.17) is 0 Å². The standard InChI is InChI=1S/C9H18N4O2S/c1-4-10-6-8-7-11-12-9(8)16(14,15)13(3)5-2/h7,10H,4-6H2,1-3H3,(H,11,12). The first-order valence-electron chi connectivity index (χ1n) is 5.23. The van der Waals surface area contributed by atoms with Crippen LogP contribution in [0.3, 0.4) is 0 Å². The second-order valence-electron chi connectivity index (χ2n) is 3.42. The molecule has 2 N–H and O–H groups in total. The lowest BCUT2D eigenvalue weighted by Gasteiger charge is -2.14. The molecule has 0 aliphatic carbocycles. The molecule has 0 saturated heterocycles. The third kappa shape index (κ3) is 2.60. The molecule has 92 valence electrons. The molecule has 0 aliphatic rings. The summed E-state index contributed by atoms with van der Waals surface area (Å²) >= 11 is 0. The average Bonchev–Trinajstić information content (AvgIpc) is 2.73. The average molecular weight is 246 g/mol. The van der Waals surface area contributed by atoms with E-state index in [1.54, 1.807) is 20.2 Å². The number of aromatic nitrogens is 2. The van der Waals surface area contributed by atoms with Crippen molar-refractivity contribution in [1.82, 2.24) is 19.8 Å². The molecule has 0 unspecified atom stereocenters. The second-order valence-corrected chi connectivity index (χ2v) is 5.41. The van der Waals surface area contributed by atoms with Crippen LogP contribution in [0.2, 0.25) is 0 Å². The molecule has 0 aliphatic heterocycles. The summed E-state index contributed by atoms with van der Waals surface area (Å²) in [4.78, 5) is 0. The lowest BCUT2D eigenvalue weighted by molar-refractivity contribution is 0.481. The Hall–Kier alpha value is -0.920. The van der Waals surface area contributed by atoms with Gasteiger partial charge in [-0.1, -0.05) is 13.8 Å². The predicted octanol–water partition coefficient (Wildman–Crippen LogP) is 0.160. The SMILES string of the molecule is CCNCc1cn[nH]c1S(=O)(=O)N(C)CC. The van der Waals surface area contributed by atoms with Crippen molar-refractivity contribution >= 4 is 10.0 Å². The Labute approximate surface area is 96.1 Å². The Morgan fingerprint density at radius 2 is 2.19 bits per heavy atom. The van der Waals surface area contributed by atoms with E-state index in [0.717, 1.165) is 6.54 Å². The number of nitrogens with zero attached hydrogens (tertiary/aromatic N) is 2. The maximum absolute atomic E-state index is 12.0. The minimum absolute atomic E-state index is 0.179. The lowest BCUT2D eigenvalue weighted by Crippen LogP contribution is -2.28. The van der Waals surface area contributed by atoms with E-state index in [0.29, 0.717) is 18.7 Å². The monoisotopic (exact) mass is 246 g/mol. The topological polar surface area (TPSA) is 78.1 Å². The zero-order valence-electron chi connectivity index (χ0n) is 9.82. The van der Waals surface area contributed by atoms with Gasteiger partial charge in [-0.05, 0) is 6.54 Å². The number of hydrogen-bond acceptors (Lipinski definition) is 4. The molecule has 0 atom stereocenters. The van der Waals surface area contributed by atoms with Crippen LogP contribution in [-0.2, 0) is 16.6 Å². The molecule has 0 spiro atoms. The lowest BCUT2D eigenvalue weighted by atomic mass is 10.3. The second kappa shape index (κ2) is 5.42. The summed E-state index contributed by atoms with van der Waals surface area (Å²) in [5, 5.41) is 9.59. The quantitative estimate of drug-likeness (QED) is 0.749. The summed E-state index contributed by atoms with van der Waals surface area (Å²) < 4.78 is 25.4. The van der Waals surface area contributed by atoms with Crippen LogP contribution in [-0.4, -0.2) is 43.1 Å². The van der Waals surface area contributed by atoms with Gasteiger partial charge in [-0.3, -0.25) is 5.10 Å². The Bertz CT molecular complexity index is 426. The molecule has 1 aromatic heterocycles. The number of hydrogen-bond donors (Lipinski definition) is 2. The highest BCUT2D eigenvalue weighted by Gasteiger charge is 2.24. The van der Waals surface area contributed by atoms with Crippen LogP contribution >= 0.6 is 0 Å². The van der Waals surface area contributed by atoms with Gasteiger partial charge >= 0.3 is 0 Å². The molecule has 0 fully saturated rings. The van der Waals surface area contributed by atoms with Crippen LogP contribution in [0.15, 0.2) is 11.2 Å². The van der Waals surface area contributed by atoms with E-state index in [1.165, 1.54) is 4.31 Å². The van der Waals surface area contributed by atoms with Gasteiger partial charge in [0, 0.05) is 25.7 Å². The summed E-state index contributed by atoms with van der Waals surface area (Å²) in [6.07, 6.45) is 1.54. The highest BCUT2D eigenvalue weighted by Crippen LogP contribution is 2.15. The zero-order chi connectivity index (χ0) is 12.2. The van der Waals surface area contributed by atoms with Gasteiger partial charge in [0.2, 0.25) is 0 Å². The largest absolute Gasteiger partial charge is 0.313 e. The van der Waals surface area contributed by atoms with Gasteiger partial charge in [-0.15, -0.1) is 0 Å². The highest BCUT2D eigenvalue weighted by atomic mass is 32.2. The van der Waals surface area contributed by atoms with Crippen molar-refractivity contribution in [2.24, 2.45) is 0 Å². The molecule has 6 nitrogen and oxygen atoms in total. The predicted molar refractivity (Wildman–Crippen MR) is 61.5 cm³/mol. The van der Waals surface area contributed by atoms with E-state index in [-0.39, 0.29) is 5.03 Å². The van der Waals surface area contributed by atoms with Crippen molar-refractivity contribution < 1.29 is 8.42 Å². The number of nitrogens with one attached hydrogen (secondary N) is 2. The van der Waals surface area contributed by atoms with Gasteiger partial charge in [0.05, 0.1) is 6.20 Å². The normalized spacial score (nSPS) is 12.2. The van der Waals surface area contributed by atoms with Crippen molar-refractivity contribution in [1.29, 1.82) is 0 Å². The molecular weight excluding hydrogens is 228 g/mol. The molecule has 16 heavy (non-hydrogen) atoms. The molecule has 1 heterocycles. The number of sulfonamides is 1. The number of aromatic amines is 1. The fraction of sp³-hybridized carbons (Fsp3) is 0.667. The minimum Gasteiger partial charge on any atom is -0.313 e. The molecule has 0 radical (unpaired) electrons. The summed E-state index contributed by atoms with van der Waals surface area (Å²) in [6.45, 7) is 5.47. The Balaban J connectivity index is 2.99. The maximum atomic E-state index is 12.0. The van der Waals surface area contributed by atoms with Crippen molar-refractivity contribution in [3.63, 3.8) is 0 Å². The van der Waals surface area contributed by atoms with Crippen LogP contribution in [0, 0.1) is 0 Å². The van der Waals surface area contributed by atoms with Crippen LogP contribution < -0.4 is 5.32 Å². The molecule has 7 heteroatoms. The van der Waals surface area contributed by atoms with Crippen molar-refractivity contribution in [3.8, 4) is 0 Å². The van der Waals surface area contributed by atoms with E-state index < -0.39 is 10.0 Å². The van der Waals surface area contributed by atoms with Crippen LogP contribution in [0.4, 0.5) is 0 Å². The Morgan fingerprint density at radius 1 is 1.50 bits per heavy atom. The Morgan fingerprint density at radius 3 is 2.75 bits per heavy atom. The molecule has 0 amide bonds. The smallest absolute Gasteiger partial charge is 0.260 e. The van der Waals surface area contributed by atoms with Crippen LogP contribution in [0.25, 0.3) is 0 Å². The first kappa shape index (κ1) is 13.1. The van der Waals surface area contributed by atoms with Gasteiger partial charge in [-0.25, -0.2) is 8.42 Å². The molecule has 0 aromatic carbocycles. The molecule has 0 bridgehead atoms. The molecule has 0 saturated carbocycles. The van der Waals surface area contributed by atoms with Gasteiger partial charge < -0.3 is 5.32 Å². The third-order valence-corrected chi connectivity index (χ3v) is 4.31. The van der Waals surface area contributed by atoms with Gasteiger partial charge in [0.25, 0.3) is 10.0 Å². The van der Waals surface area contributed by atoms with Crippen molar-refractivity contribution in [2.45, 2.75) is 25.4 Å². The summed E-state index contributed by atoms with van der Waals surface area (Å²) in [5.41, 5.74) is 0.669. The molecular formula is C9H18N4O2S. The Kier molecular flexibility index (Phi) is 4.45. The fourth-order valence-electron chi connectivity index (χ4n) is 1.23.